The van der Waals surface area contributed by atoms with Gasteiger partial charge in [-0.05, 0) is 43.7 Å². The summed E-state index contributed by atoms with van der Waals surface area (Å²) in [5.41, 5.74) is 1.47. The Morgan fingerprint density at radius 1 is 1.16 bits per heavy atom. The Morgan fingerprint density at radius 2 is 1.81 bits per heavy atom. The number of carboxylic acid groups (broad SMARTS) is 1. The molecule has 1 atom stereocenters. The van der Waals surface area contributed by atoms with E-state index >= 15 is 0 Å². The Labute approximate surface area is 187 Å². The largest absolute Gasteiger partial charge is 0.488 e. The zero-order valence-electron chi connectivity index (χ0n) is 17.4. The van der Waals surface area contributed by atoms with Crippen LogP contribution in [0.3, 0.4) is 0 Å². The topological polar surface area (TPSA) is 59.4 Å². The molecule has 0 saturated carbocycles. The van der Waals surface area contributed by atoms with Crippen molar-refractivity contribution in [3.63, 3.8) is 0 Å². The lowest BCUT2D eigenvalue weighted by molar-refractivity contribution is -0.138. The fourth-order valence-corrected chi connectivity index (χ4v) is 4.01. The summed E-state index contributed by atoms with van der Waals surface area (Å²) in [5.74, 6) is 4.97. The fraction of sp³-hybridized carbons (Fsp3) is 0.250. The van der Waals surface area contributed by atoms with Crippen molar-refractivity contribution in [3.05, 3.63) is 70.2 Å². The van der Waals surface area contributed by atoms with E-state index in [9.17, 15) is 18.0 Å². The van der Waals surface area contributed by atoms with Gasteiger partial charge < -0.3 is 9.84 Å². The maximum atomic E-state index is 12.8. The van der Waals surface area contributed by atoms with Crippen LogP contribution in [0, 0.1) is 18.8 Å². The van der Waals surface area contributed by atoms with E-state index in [-0.39, 0.29) is 18.9 Å². The summed E-state index contributed by atoms with van der Waals surface area (Å²) in [7, 11) is 0. The lowest BCUT2D eigenvalue weighted by atomic mass is 9.96. The number of aromatic nitrogens is 1. The van der Waals surface area contributed by atoms with Gasteiger partial charge in [-0.3, -0.25) is 4.79 Å². The lowest BCUT2D eigenvalue weighted by Crippen LogP contribution is -2.04. The number of benzene rings is 2. The molecule has 0 aliphatic heterocycles. The number of halogens is 3. The van der Waals surface area contributed by atoms with Gasteiger partial charge in [-0.25, -0.2) is 4.98 Å². The molecular weight excluding hydrogens is 439 g/mol. The summed E-state index contributed by atoms with van der Waals surface area (Å²) in [6.07, 6.45) is -4.45. The minimum Gasteiger partial charge on any atom is -0.488 e. The van der Waals surface area contributed by atoms with Crippen LogP contribution >= 0.6 is 11.3 Å². The first-order valence-electron chi connectivity index (χ1n) is 9.68. The van der Waals surface area contributed by atoms with Crippen LogP contribution in [0.1, 0.15) is 41.0 Å². The number of carboxylic acids is 1. The maximum Gasteiger partial charge on any atom is 0.416 e. The molecule has 0 aliphatic carbocycles. The van der Waals surface area contributed by atoms with E-state index in [0.717, 1.165) is 28.3 Å². The van der Waals surface area contributed by atoms with Crippen LogP contribution in [0.25, 0.3) is 10.6 Å². The van der Waals surface area contributed by atoms with Crippen LogP contribution in [0.4, 0.5) is 13.2 Å². The minimum atomic E-state index is -4.37. The molecule has 3 rings (SSSR count). The number of rotatable bonds is 7. The van der Waals surface area contributed by atoms with E-state index < -0.39 is 17.7 Å². The monoisotopic (exact) mass is 459 g/mol. The van der Waals surface area contributed by atoms with Crippen LogP contribution in [0.15, 0.2) is 48.5 Å². The van der Waals surface area contributed by atoms with Crippen molar-refractivity contribution in [3.8, 4) is 28.2 Å². The summed E-state index contributed by atoms with van der Waals surface area (Å²) in [6, 6.07) is 12.0. The highest BCUT2D eigenvalue weighted by atomic mass is 32.1. The molecule has 8 heteroatoms. The predicted molar refractivity (Wildman–Crippen MR) is 117 cm³/mol. The molecule has 1 unspecified atom stereocenters. The molecule has 1 heterocycles. The van der Waals surface area contributed by atoms with Gasteiger partial charge in [-0.15, -0.1) is 17.3 Å². The number of hydrogen-bond acceptors (Lipinski definition) is 4. The second-order valence-corrected chi connectivity index (χ2v) is 8.09. The van der Waals surface area contributed by atoms with Gasteiger partial charge in [0.15, 0.2) is 0 Å². The van der Waals surface area contributed by atoms with Gasteiger partial charge in [0.25, 0.3) is 0 Å². The Bertz CT molecular complexity index is 1140. The summed E-state index contributed by atoms with van der Waals surface area (Å²) >= 11 is 1.37. The van der Waals surface area contributed by atoms with E-state index in [1.54, 1.807) is 31.2 Å². The fourth-order valence-electron chi connectivity index (χ4n) is 3.03. The number of aliphatic carboxylic acids is 1. The first-order chi connectivity index (χ1) is 15.2. The van der Waals surface area contributed by atoms with E-state index in [4.69, 9.17) is 9.84 Å². The highest BCUT2D eigenvalue weighted by Gasteiger charge is 2.30. The predicted octanol–water partition coefficient (Wildman–Crippen LogP) is 6.30. The first kappa shape index (κ1) is 23.4. The van der Waals surface area contributed by atoms with Crippen molar-refractivity contribution in [2.75, 3.05) is 0 Å². The smallest absolute Gasteiger partial charge is 0.416 e. The van der Waals surface area contributed by atoms with Gasteiger partial charge in [-0.1, -0.05) is 30.2 Å². The molecule has 1 aromatic heterocycles. The molecule has 0 radical (unpaired) electrons. The quantitative estimate of drug-likeness (QED) is 0.422. The number of nitrogens with zero attached hydrogens (tertiary/aromatic N) is 1. The molecule has 3 aromatic rings. The summed E-state index contributed by atoms with van der Waals surface area (Å²) in [4.78, 5) is 16.4. The van der Waals surface area contributed by atoms with Crippen LogP contribution in [0.5, 0.6) is 5.75 Å². The Kier molecular flexibility index (Phi) is 7.21. The van der Waals surface area contributed by atoms with Gasteiger partial charge >= 0.3 is 12.1 Å². The van der Waals surface area contributed by atoms with Crippen molar-refractivity contribution in [1.29, 1.82) is 0 Å². The standard InChI is InChI=1S/C24H20F3NO3S/c1-3-4-18(13-22(29)30)16-7-11-20(12-8-16)31-14-21-15(2)28-23(32-21)17-5-9-19(10-6-17)24(25,26)27/h5-12,18H,13-14H2,1-2H3,(H,29,30). The number of hydrogen-bond donors (Lipinski definition) is 1. The molecule has 4 nitrogen and oxygen atoms in total. The summed E-state index contributed by atoms with van der Waals surface area (Å²) in [6.45, 7) is 3.76. The van der Waals surface area contributed by atoms with Crippen LogP contribution < -0.4 is 4.74 Å². The van der Waals surface area contributed by atoms with Crippen molar-refractivity contribution in [2.45, 2.75) is 39.0 Å². The third kappa shape index (κ3) is 5.89. The number of alkyl halides is 3. The van der Waals surface area contributed by atoms with Gasteiger partial charge in [0.1, 0.15) is 17.4 Å². The SMILES string of the molecule is CC#CC(CC(=O)O)c1ccc(OCc2sc(-c3ccc(C(F)(F)F)cc3)nc2C)cc1. The number of ether oxygens (including phenoxy) is 1. The second kappa shape index (κ2) is 9.88. The zero-order chi connectivity index (χ0) is 23.3. The minimum absolute atomic E-state index is 0.0756. The molecule has 166 valence electrons. The van der Waals surface area contributed by atoms with Gasteiger partial charge in [0.05, 0.1) is 28.5 Å². The Morgan fingerprint density at radius 3 is 2.38 bits per heavy atom. The third-order valence-corrected chi connectivity index (χ3v) is 5.88. The highest BCUT2D eigenvalue weighted by Crippen LogP contribution is 2.33. The van der Waals surface area contributed by atoms with E-state index in [0.29, 0.717) is 16.3 Å². The molecule has 0 fully saturated rings. The average molecular weight is 459 g/mol. The summed E-state index contributed by atoms with van der Waals surface area (Å²) in [5, 5.41) is 9.67. The van der Waals surface area contributed by atoms with E-state index in [2.05, 4.69) is 16.8 Å². The van der Waals surface area contributed by atoms with Crippen LogP contribution in [-0.2, 0) is 17.6 Å². The molecule has 1 N–H and O–H groups in total. The van der Waals surface area contributed by atoms with Crippen molar-refractivity contribution < 1.29 is 27.8 Å². The van der Waals surface area contributed by atoms with Crippen molar-refractivity contribution >= 4 is 17.3 Å². The van der Waals surface area contributed by atoms with Gasteiger partial charge in [0.2, 0.25) is 0 Å². The molecule has 0 spiro atoms. The molecule has 0 bridgehead atoms. The highest BCUT2D eigenvalue weighted by molar-refractivity contribution is 7.15. The van der Waals surface area contributed by atoms with Crippen LogP contribution in [0.2, 0.25) is 0 Å². The van der Waals surface area contributed by atoms with Crippen molar-refractivity contribution in [1.82, 2.24) is 4.98 Å². The second-order valence-electron chi connectivity index (χ2n) is 7.01. The Hall–Kier alpha value is -3.31. The van der Waals surface area contributed by atoms with Crippen LogP contribution in [-0.4, -0.2) is 16.1 Å². The molecule has 0 amide bonds. The Balaban J connectivity index is 1.68. The molecule has 0 saturated heterocycles. The van der Waals surface area contributed by atoms with Gasteiger partial charge in [-0.2, -0.15) is 13.2 Å². The molecule has 0 aliphatic rings. The lowest BCUT2D eigenvalue weighted by Gasteiger charge is -2.10. The number of carbonyl (C=O) groups is 1. The first-order valence-corrected chi connectivity index (χ1v) is 10.5. The van der Waals surface area contributed by atoms with Gasteiger partial charge in [0, 0.05) is 5.56 Å². The zero-order valence-corrected chi connectivity index (χ0v) is 18.2. The normalized spacial score (nSPS) is 12.0. The maximum absolute atomic E-state index is 12.8. The van der Waals surface area contributed by atoms with E-state index in [1.807, 2.05) is 6.92 Å². The number of aryl methyl sites for hydroxylation is 1. The molecule has 2 aromatic carbocycles. The number of thiazole rings is 1. The molecular formula is C24H20F3NO3S. The summed E-state index contributed by atoms with van der Waals surface area (Å²) < 4.78 is 44.1. The van der Waals surface area contributed by atoms with Crippen molar-refractivity contribution in [2.24, 2.45) is 0 Å². The molecule has 32 heavy (non-hydrogen) atoms. The van der Waals surface area contributed by atoms with E-state index in [1.165, 1.54) is 23.5 Å². The average Bonchev–Trinajstić information content (AvgIpc) is 3.12. The third-order valence-electron chi connectivity index (χ3n) is 4.70.